The molecule has 2 fully saturated rings. The molecule has 2 aliphatic rings. The maximum absolute atomic E-state index is 12.2. The van der Waals surface area contributed by atoms with Crippen molar-refractivity contribution in [2.45, 2.75) is 37.8 Å². The Morgan fingerprint density at radius 2 is 1.89 bits per heavy atom. The number of likely N-dealkylation sites (N-methyl/N-ethyl adjacent to an activating group) is 2. The van der Waals surface area contributed by atoms with Crippen LogP contribution in [0, 0.1) is 5.92 Å². The van der Waals surface area contributed by atoms with Crippen molar-refractivity contribution in [3.05, 3.63) is 0 Å². The van der Waals surface area contributed by atoms with E-state index < -0.39 is 0 Å². The molecule has 0 aromatic heterocycles. The smallest absolute Gasteiger partial charge is 0.223 e. The van der Waals surface area contributed by atoms with Crippen LogP contribution in [0.5, 0.6) is 0 Å². The lowest BCUT2D eigenvalue weighted by atomic mass is 9.86. The molecule has 0 aromatic carbocycles. The van der Waals surface area contributed by atoms with Gasteiger partial charge >= 0.3 is 0 Å². The third-order valence-electron chi connectivity index (χ3n) is 4.63. The summed E-state index contributed by atoms with van der Waals surface area (Å²) in [5.41, 5.74) is 5.88. The zero-order valence-electron chi connectivity index (χ0n) is 12.3. The van der Waals surface area contributed by atoms with Crippen LogP contribution < -0.4 is 11.1 Å². The molecule has 3 N–H and O–H groups in total. The Balaban J connectivity index is 1.73. The van der Waals surface area contributed by atoms with E-state index in [-0.39, 0.29) is 11.8 Å². The summed E-state index contributed by atoms with van der Waals surface area (Å²) in [7, 11) is 4.29. The second-order valence-electron chi connectivity index (χ2n) is 6.25. The number of carbonyl (C=O) groups excluding carboxylic acids is 1. The number of rotatable bonds is 3. The van der Waals surface area contributed by atoms with E-state index in [9.17, 15) is 4.79 Å². The highest BCUT2D eigenvalue weighted by molar-refractivity contribution is 5.78. The first-order valence-corrected chi connectivity index (χ1v) is 7.48. The highest BCUT2D eigenvalue weighted by atomic mass is 16.1. The SMILES string of the molecule is CN1CCN(C)C(CNC(=O)C2CCC(N)CC2)C1. The second kappa shape index (κ2) is 6.68. The molecular weight excluding hydrogens is 240 g/mol. The number of hydrogen-bond donors (Lipinski definition) is 2. The van der Waals surface area contributed by atoms with Crippen molar-refractivity contribution in [2.24, 2.45) is 11.7 Å². The average Bonchev–Trinajstić information content (AvgIpc) is 2.40. The molecule has 0 radical (unpaired) electrons. The minimum absolute atomic E-state index is 0.187. The van der Waals surface area contributed by atoms with Crippen molar-refractivity contribution in [1.82, 2.24) is 15.1 Å². The third-order valence-corrected chi connectivity index (χ3v) is 4.63. The second-order valence-corrected chi connectivity index (χ2v) is 6.25. The minimum Gasteiger partial charge on any atom is -0.354 e. The zero-order valence-corrected chi connectivity index (χ0v) is 12.3. The average molecular weight is 268 g/mol. The van der Waals surface area contributed by atoms with Crippen molar-refractivity contribution >= 4 is 5.91 Å². The van der Waals surface area contributed by atoms with Crippen LogP contribution in [0.25, 0.3) is 0 Å². The maximum atomic E-state index is 12.2. The Labute approximate surface area is 116 Å². The first-order valence-electron chi connectivity index (χ1n) is 7.48. The fourth-order valence-electron chi connectivity index (χ4n) is 3.07. The molecule has 0 bridgehead atoms. The van der Waals surface area contributed by atoms with Crippen LogP contribution in [0.15, 0.2) is 0 Å². The van der Waals surface area contributed by atoms with Crippen molar-refractivity contribution in [3.63, 3.8) is 0 Å². The topological polar surface area (TPSA) is 61.6 Å². The molecule has 1 atom stereocenters. The predicted octanol–water partition coefficient (Wildman–Crippen LogP) is -0.134. The number of amides is 1. The molecule has 19 heavy (non-hydrogen) atoms. The summed E-state index contributed by atoms with van der Waals surface area (Å²) in [6, 6.07) is 0.746. The van der Waals surface area contributed by atoms with E-state index in [0.29, 0.717) is 12.1 Å². The summed E-state index contributed by atoms with van der Waals surface area (Å²) >= 11 is 0. The van der Waals surface area contributed by atoms with Gasteiger partial charge in [0.15, 0.2) is 0 Å². The summed E-state index contributed by atoms with van der Waals surface area (Å²) in [4.78, 5) is 16.8. The number of nitrogens with one attached hydrogen (secondary N) is 1. The van der Waals surface area contributed by atoms with E-state index in [2.05, 4.69) is 29.2 Å². The predicted molar refractivity (Wildman–Crippen MR) is 76.9 cm³/mol. The van der Waals surface area contributed by atoms with Crippen LogP contribution in [0.2, 0.25) is 0 Å². The largest absolute Gasteiger partial charge is 0.354 e. The molecule has 1 saturated heterocycles. The normalized spacial score (nSPS) is 34.2. The summed E-state index contributed by atoms with van der Waals surface area (Å²) in [6.07, 6.45) is 3.88. The number of carbonyl (C=O) groups is 1. The molecule has 110 valence electrons. The molecule has 1 aliphatic heterocycles. The Morgan fingerprint density at radius 1 is 1.21 bits per heavy atom. The van der Waals surface area contributed by atoms with Gasteiger partial charge in [-0.25, -0.2) is 0 Å². The summed E-state index contributed by atoms with van der Waals surface area (Å²) in [5, 5.41) is 3.14. The van der Waals surface area contributed by atoms with E-state index in [1.807, 2.05) is 0 Å². The van der Waals surface area contributed by atoms with Gasteiger partial charge in [0, 0.05) is 44.2 Å². The molecule has 1 amide bonds. The van der Waals surface area contributed by atoms with Crippen molar-refractivity contribution in [2.75, 3.05) is 40.3 Å². The molecule has 1 aliphatic carbocycles. The van der Waals surface area contributed by atoms with Crippen molar-refractivity contribution < 1.29 is 4.79 Å². The molecule has 1 unspecified atom stereocenters. The van der Waals surface area contributed by atoms with Crippen LogP contribution in [0.3, 0.4) is 0 Å². The monoisotopic (exact) mass is 268 g/mol. The third kappa shape index (κ3) is 4.16. The first-order chi connectivity index (χ1) is 9.06. The fraction of sp³-hybridized carbons (Fsp3) is 0.929. The maximum Gasteiger partial charge on any atom is 0.223 e. The van der Waals surface area contributed by atoms with Gasteiger partial charge in [0.05, 0.1) is 0 Å². The van der Waals surface area contributed by atoms with E-state index in [4.69, 9.17) is 5.73 Å². The van der Waals surface area contributed by atoms with Crippen LogP contribution in [0.4, 0.5) is 0 Å². The zero-order chi connectivity index (χ0) is 13.8. The van der Waals surface area contributed by atoms with E-state index in [0.717, 1.165) is 51.9 Å². The Bertz CT molecular complexity index is 302. The lowest BCUT2D eigenvalue weighted by Gasteiger charge is -2.38. The molecule has 2 rings (SSSR count). The minimum atomic E-state index is 0.187. The molecule has 5 nitrogen and oxygen atoms in total. The molecule has 1 saturated carbocycles. The number of hydrogen-bond acceptors (Lipinski definition) is 4. The van der Waals surface area contributed by atoms with Gasteiger partial charge in [0.2, 0.25) is 5.91 Å². The molecule has 0 aromatic rings. The van der Waals surface area contributed by atoms with Crippen LogP contribution in [0.1, 0.15) is 25.7 Å². The number of nitrogens with zero attached hydrogens (tertiary/aromatic N) is 2. The first kappa shape index (κ1) is 14.8. The quantitative estimate of drug-likeness (QED) is 0.748. The van der Waals surface area contributed by atoms with Gasteiger partial charge in [0.1, 0.15) is 0 Å². The van der Waals surface area contributed by atoms with Gasteiger partial charge in [-0.15, -0.1) is 0 Å². The van der Waals surface area contributed by atoms with Crippen LogP contribution in [-0.4, -0.2) is 68.1 Å². The van der Waals surface area contributed by atoms with Gasteiger partial charge in [-0.3, -0.25) is 9.69 Å². The van der Waals surface area contributed by atoms with E-state index in [1.54, 1.807) is 0 Å². The molecule has 1 heterocycles. The summed E-state index contributed by atoms with van der Waals surface area (Å²) in [6.45, 7) is 3.99. The van der Waals surface area contributed by atoms with Gasteiger partial charge in [0.25, 0.3) is 0 Å². The molecule has 5 heteroatoms. The number of piperazine rings is 1. The van der Waals surface area contributed by atoms with E-state index in [1.165, 1.54) is 0 Å². The van der Waals surface area contributed by atoms with Crippen molar-refractivity contribution in [3.8, 4) is 0 Å². The summed E-state index contributed by atoms with van der Waals surface area (Å²) in [5.74, 6) is 0.417. The Morgan fingerprint density at radius 3 is 2.58 bits per heavy atom. The highest BCUT2D eigenvalue weighted by Crippen LogP contribution is 2.23. The lowest BCUT2D eigenvalue weighted by molar-refractivity contribution is -0.126. The lowest BCUT2D eigenvalue weighted by Crippen LogP contribution is -2.54. The van der Waals surface area contributed by atoms with Gasteiger partial charge in [-0.1, -0.05) is 0 Å². The van der Waals surface area contributed by atoms with Gasteiger partial charge < -0.3 is 16.0 Å². The molecule has 0 spiro atoms. The standard InChI is InChI=1S/C14H28N4O/c1-17-7-8-18(2)13(10-17)9-16-14(19)11-3-5-12(15)6-4-11/h11-13H,3-10,15H2,1-2H3,(H,16,19). The Hall–Kier alpha value is -0.650. The Kier molecular flexibility index (Phi) is 5.19. The highest BCUT2D eigenvalue weighted by Gasteiger charge is 2.26. The number of nitrogens with two attached hydrogens (primary N) is 1. The van der Waals surface area contributed by atoms with Gasteiger partial charge in [-0.2, -0.15) is 0 Å². The van der Waals surface area contributed by atoms with Crippen LogP contribution in [-0.2, 0) is 4.79 Å². The van der Waals surface area contributed by atoms with Crippen molar-refractivity contribution in [1.29, 1.82) is 0 Å². The summed E-state index contributed by atoms with van der Waals surface area (Å²) < 4.78 is 0. The fourth-order valence-corrected chi connectivity index (χ4v) is 3.07. The van der Waals surface area contributed by atoms with Gasteiger partial charge in [-0.05, 0) is 39.8 Å². The van der Waals surface area contributed by atoms with E-state index >= 15 is 0 Å². The molecular formula is C14H28N4O. The van der Waals surface area contributed by atoms with Crippen LogP contribution >= 0.6 is 0 Å².